The van der Waals surface area contributed by atoms with Gasteiger partial charge < -0.3 is 4.90 Å². The number of likely N-dealkylation sites (tertiary alicyclic amines) is 1. The first kappa shape index (κ1) is 37.2. The summed E-state index contributed by atoms with van der Waals surface area (Å²) in [5.74, 6) is 0. The smallest absolute Gasteiger partial charge is 0.0705 e. The number of aromatic nitrogens is 1. The van der Waals surface area contributed by atoms with Crippen molar-refractivity contribution in [1.82, 2.24) is 9.88 Å². The van der Waals surface area contributed by atoms with Crippen molar-refractivity contribution in [2.75, 3.05) is 18.0 Å². The molecule has 0 atom stereocenters. The van der Waals surface area contributed by atoms with Crippen LogP contribution in [0.1, 0.15) is 62.9 Å². The number of aryl methyl sites for hydroxylation is 5. The lowest BCUT2D eigenvalue weighted by Crippen LogP contribution is -2.44. The Labute approximate surface area is 301 Å². The van der Waals surface area contributed by atoms with Crippen molar-refractivity contribution in [2.45, 2.75) is 80.4 Å². The number of pyridine rings is 1. The molecule has 5 aromatic rings. The quantitative estimate of drug-likeness (QED) is 0.163. The molecule has 252 valence electrons. The van der Waals surface area contributed by atoms with Crippen LogP contribution in [0, 0.1) is 48.5 Å². The van der Waals surface area contributed by atoms with E-state index in [2.05, 4.69) is 143 Å². The van der Waals surface area contributed by atoms with Crippen molar-refractivity contribution < 1.29 is 0 Å². The normalized spacial score (nSPS) is 13.5. The molecule has 1 aromatic heterocycles. The summed E-state index contributed by atoms with van der Waals surface area (Å²) in [6.07, 6.45) is 4.29. The monoisotopic (exact) mass is 679 g/mol. The number of halogens is 2. The summed E-state index contributed by atoms with van der Waals surface area (Å²) in [4.78, 5) is 10.0. The molecular formula is C43H51Cl2N3. The minimum atomic E-state index is 0. The lowest BCUT2D eigenvalue weighted by atomic mass is 9.95. The van der Waals surface area contributed by atoms with Crippen LogP contribution in [0.2, 0.25) is 0 Å². The second-order valence-corrected chi connectivity index (χ2v) is 13.7. The number of anilines is 1. The summed E-state index contributed by atoms with van der Waals surface area (Å²) >= 11 is 0. The first-order chi connectivity index (χ1) is 22.1. The summed E-state index contributed by atoms with van der Waals surface area (Å²) in [6, 6.07) is 32.5. The van der Waals surface area contributed by atoms with Crippen LogP contribution in [-0.4, -0.2) is 29.0 Å². The molecule has 0 saturated carbocycles. The largest absolute Gasteiger partial charge is 0.364 e. The van der Waals surface area contributed by atoms with Crippen LogP contribution in [0.15, 0.2) is 91.1 Å². The van der Waals surface area contributed by atoms with Crippen molar-refractivity contribution in [3.8, 4) is 22.4 Å². The van der Waals surface area contributed by atoms with Crippen LogP contribution in [-0.2, 0) is 13.1 Å². The van der Waals surface area contributed by atoms with E-state index in [0.717, 1.165) is 44.7 Å². The number of hydrogen-bond acceptors (Lipinski definition) is 3. The van der Waals surface area contributed by atoms with Crippen molar-refractivity contribution in [3.63, 3.8) is 0 Å². The molecule has 1 aliphatic heterocycles. The van der Waals surface area contributed by atoms with Gasteiger partial charge in [-0.25, -0.2) is 0 Å². The molecule has 3 nitrogen and oxygen atoms in total. The predicted octanol–water partition coefficient (Wildman–Crippen LogP) is 11.1. The third kappa shape index (κ3) is 8.50. The Balaban J connectivity index is 0.00000260. The van der Waals surface area contributed by atoms with Gasteiger partial charge in [-0.1, -0.05) is 48.5 Å². The van der Waals surface area contributed by atoms with Gasteiger partial charge in [0.2, 0.25) is 0 Å². The maximum Gasteiger partial charge on any atom is 0.0705 e. The van der Waals surface area contributed by atoms with E-state index in [1.165, 1.54) is 72.4 Å². The van der Waals surface area contributed by atoms with Crippen molar-refractivity contribution in [3.05, 3.63) is 141 Å². The molecule has 1 saturated heterocycles. The van der Waals surface area contributed by atoms with Crippen molar-refractivity contribution in [2.24, 2.45) is 0 Å². The van der Waals surface area contributed by atoms with E-state index in [9.17, 15) is 0 Å². The average molecular weight is 681 g/mol. The Bertz CT molecular complexity index is 1790. The van der Waals surface area contributed by atoms with E-state index < -0.39 is 0 Å². The number of nitrogens with zero attached hydrogens (tertiary/aromatic N) is 3. The number of benzene rings is 4. The number of hydrogen-bond donors (Lipinski definition) is 0. The van der Waals surface area contributed by atoms with Gasteiger partial charge >= 0.3 is 0 Å². The number of rotatable bonds is 8. The molecular weight excluding hydrogens is 629 g/mol. The van der Waals surface area contributed by atoms with Crippen LogP contribution < -0.4 is 4.90 Å². The molecule has 2 heterocycles. The van der Waals surface area contributed by atoms with Gasteiger partial charge in [0, 0.05) is 49.7 Å². The zero-order valence-corrected chi connectivity index (χ0v) is 31.3. The van der Waals surface area contributed by atoms with Crippen LogP contribution in [0.25, 0.3) is 22.4 Å². The van der Waals surface area contributed by atoms with E-state index >= 15 is 0 Å². The molecule has 0 amide bonds. The Morgan fingerprint density at radius 3 is 1.79 bits per heavy atom. The molecule has 0 spiro atoms. The molecule has 4 aromatic carbocycles. The van der Waals surface area contributed by atoms with Crippen LogP contribution in [0.3, 0.4) is 0 Å². The van der Waals surface area contributed by atoms with Gasteiger partial charge in [0.25, 0.3) is 0 Å². The zero-order chi connectivity index (χ0) is 32.4. The predicted molar refractivity (Wildman–Crippen MR) is 210 cm³/mol. The molecule has 5 heteroatoms. The molecule has 0 N–H and O–H groups in total. The molecule has 1 fully saturated rings. The summed E-state index contributed by atoms with van der Waals surface area (Å²) in [7, 11) is 0. The molecule has 0 aliphatic carbocycles. The topological polar surface area (TPSA) is 19.4 Å². The standard InChI is InChI=1S/C43H49N3.2ClH/c1-29-9-8-10-42(21-29)46(28-36-11-13-38(14-12-36)39-22-30(2)34(6)31(3)23-39)41-16-19-45(20-17-41)27-37-15-18-44-43(26-37)40-24-32(4)35(7)33(5)25-40;;/h8-15,18,21-26,41H,16-17,19-20,27-28H2,1-7H3;2*1H. The minimum Gasteiger partial charge on any atom is -0.364 e. The van der Waals surface area contributed by atoms with E-state index in [1.54, 1.807) is 0 Å². The second kappa shape index (κ2) is 16.2. The average Bonchev–Trinajstić information content (AvgIpc) is 3.05. The van der Waals surface area contributed by atoms with E-state index in [4.69, 9.17) is 4.98 Å². The minimum absolute atomic E-state index is 0. The molecule has 1 aliphatic rings. The fourth-order valence-electron chi connectivity index (χ4n) is 7.00. The summed E-state index contributed by atoms with van der Waals surface area (Å²) < 4.78 is 0. The maximum atomic E-state index is 4.74. The summed E-state index contributed by atoms with van der Waals surface area (Å²) in [5.41, 5.74) is 18.4. The van der Waals surface area contributed by atoms with Gasteiger partial charge in [-0.3, -0.25) is 9.88 Å². The van der Waals surface area contributed by atoms with Crippen molar-refractivity contribution >= 4 is 30.5 Å². The first-order valence-corrected chi connectivity index (χ1v) is 16.9. The van der Waals surface area contributed by atoms with Gasteiger partial charge in [-0.15, -0.1) is 24.8 Å². The summed E-state index contributed by atoms with van der Waals surface area (Å²) in [5, 5.41) is 0. The highest BCUT2D eigenvalue weighted by Crippen LogP contribution is 2.30. The van der Waals surface area contributed by atoms with Gasteiger partial charge in [0.05, 0.1) is 5.69 Å². The maximum absolute atomic E-state index is 4.74. The third-order valence-electron chi connectivity index (χ3n) is 10.4. The molecule has 48 heavy (non-hydrogen) atoms. The second-order valence-electron chi connectivity index (χ2n) is 13.7. The lowest BCUT2D eigenvalue weighted by Gasteiger charge is -2.40. The molecule has 6 rings (SSSR count). The highest BCUT2D eigenvalue weighted by Gasteiger charge is 2.25. The molecule has 0 radical (unpaired) electrons. The van der Waals surface area contributed by atoms with Gasteiger partial charge in [0.1, 0.15) is 0 Å². The van der Waals surface area contributed by atoms with Gasteiger partial charge in [-0.2, -0.15) is 0 Å². The zero-order valence-electron chi connectivity index (χ0n) is 29.6. The molecule has 0 unspecified atom stereocenters. The fraction of sp³-hybridized carbons (Fsp3) is 0.326. The number of piperidine rings is 1. The fourth-order valence-corrected chi connectivity index (χ4v) is 7.00. The Morgan fingerprint density at radius 2 is 1.21 bits per heavy atom. The Kier molecular flexibility index (Phi) is 12.5. The highest BCUT2D eigenvalue weighted by molar-refractivity contribution is 5.85. The van der Waals surface area contributed by atoms with E-state index in [0.29, 0.717) is 6.04 Å². The first-order valence-electron chi connectivity index (χ1n) is 16.9. The third-order valence-corrected chi connectivity index (χ3v) is 10.4. The van der Waals surface area contributed by atoms with E-state index in [1.807, 2.05) is 6.20 Å². The lowest BCUT2D eigenvalue weighted by molar-refractivity contribution is 0.201. The highest BCUT2D eigenvalue weighted by atomic mass is 35.5. The Morgan fingerprint density at radius 1 is 0.625 bits per heavy atom. The van der Waals surface area contributed by atoms with E-state index in [-0.39, 0.29) is 24.8 Å². The van der Waals surface area contributed by atoms with Gasteiger partial charge in [-0.05, 0) is 159 Å². The van der Waals surface area contributed by atoms with Gasteiger partial charge in [0.15, 0.2) is 0 Å². The molecule has 0 bridgehead atoms. The SMILES string of the molecule is Cc1cccc(N(Cc2ccc(-c3cc(C)c(C)c(C)c3)cc2)C2CCN(Cc3ccnc(-c4cc(C)c(C)c(C)c4)c3)CC2)c1.Cl.Cl. The summed E-state index contributed by atoms with van der Waals surface area (Å²) in [6.45, 7) is 19.5. The Hall–Kier alpha value is -3.63. The van der Waals surface area contributed by atoms with Crippen molar-refractivity contribution in [1.29, 1.82) is 0 Å². The van der Waals surface area contributed by atoms with Crippen LogP contribution in [0.4, 0.5) is 5.69 Å². The van der Waals surface area contributed by atoms with Crippen LogP contribution in [0.5, 0.6) is 0 Å². The van der Waals surface area contributed by atoms with Crippen LogP contribution >= 0.6 is 24.8 Å².